The maximum atomic E-state index is 12.4. The molecule has 0 aromatic heterocycles. The number of carbonyl (C=O) groups is 1. The lowest BCUT2D eigenvalue weighted by Crippen LogP contribution is -2.26. The Labute approximate surface area is 113 Å². The van der Waals surface area contributed by atoms with E-state index >= 15 is 0 Å². The monoisotopic (exact) mass is 255 g/mol. The van der Waals surface area contributed by atoms with Gasteiger partial charge >= 0.3 is 0 Å². The minimum Gasteiger partial charge on any atom is -0.507 e. The number of hydrogen-bond donors (Lipinski definition) is 1. The minimum absolute atomic E-state index is 0.00935. The summed E-state index contributed by atoms with van der Waals surface area (Å²) < 4.78 is 0. The number of phenolic OH excluding ortho intramolecular Hbond substituents is 1. The number of aromatic hydroxyl groups is 1. The molecule has 98 valence electrons. The first-order valence-electron chi connectivity index (χ1n) is 6.13. The highest BCUT2D eigenvalue weighted by atomic mass is 16.3. The van der Waals surface area contributed by atoms with Gasteiger partial charge in [-0.2, -0.15) is 0 Å². The third-order valence-electron chi connectivity index (χ3n) is 3.08. The Bertz CT molecular complexity index is 620. The van der Waals surface area contributed by atoms with E-state index in [1.165, 1.54) is 0 Å². The Kier molecular flexibility index (Phi) is 3.56. The molecule has 2 rings (SSSR count). The van der Waals surface area contributed by atoms with Gasteiger partial charge in [0.15, 0.2) is 0 Å². The van der Waals surface area contributed by atoms with Crippen LogP contribution in [-0.4, -0.2) is 18.1 Å². The molecule has 0 heterocycles. The number of phenols is 1. The number of anilines is 1. The second kappa shape index (κ2) is 5.14. The summed E-state index contributed by atoms with van der Waals surface area (Å²) in [6.07, 6.45) is 0. The van der Waals surface area contributed by atoms with Crippen LogP contribution in [0.3, 0.4) is 0 Å². The highest BCUT2D eigenvalue weighted by Gasteiger charge is 2.17. The number of hydrogen-bond acceptors (Lipinski definition) is 2. The Balaban J connectivity index is 2.36. The summed E-state index contributed by atoms with van der Waals surface area (Å²) in [5.41, 5.74) is 3.17. The fourth-order valence-corrected chi connectivity index (χ4v) is 1.96. The van der Waals surface area contributed by atoms with E-state index in [0.717, 1.165) is 16.8 Å². The Morgan fingerprint density at radius 2 is 1.74 bits per heavy atom. The number of aryl methyl sites for hydroxylation is 2. The number of amides is 1. The van der Waals surface area contributed by atoms with Gasteiger partial charge in [0.2, 0.25) is 0 Å². The third kappa shape index (κ3) is 2.76. The zero-order valence-corrected chi connectivity index (χ0v) is 11.3. The molecule has 0 unspecified atom stereocenters. The van der Waals surface area contributed by atoms with Crippen molar-refractivity contribution in [3.05, 3.63) is 59.2 Å². The zero-order valence-electron chi connectivity index (χ0n) is 11.3. The predicted octanol–water partition coefficient (Wildman–Crippen LogP) is 3.29. The van der Waals surface area contributed by atoms with Crippen molar-refractivity contribution in [1.29, 1.82) is 0 Å². The van der Waals surface area contributed by atoms with E-state index in [2.05, 4.69) is 0 Å². The largest absolute Gasteiger partial charge is 0.507 e. The molecule has 19 heavy (non-hydrogen) atoms. The number of benzene rings is 2. The molecule has 0 saturated heterocycles. The normalized spacial score (nSPS) is 10.3. The standard InChI is InChI=1S/C16H17NO2/c1-11-5-4-6-13(9-11)17(3)16(19)14-10-12(2)7-8-15(14)18/h4-10,18H,1-3H3. The van der Waals surface area contributed by atoms with E-state index in [1.807, 2.05) is 38.1 Å². The summed E-state index contributed by atoms with van der Waals surface area (Å²) in [4.78, 5) is 13.9. The molecule has 1 N–H and O–H groups in total. The summed E-state index contributed by atoms with van der Waals surface area (Å²) in [5.74, 6) is -0.207. The van der Waals surface area contributed by atoms with Gasteiger partial charge in [-0.3, -0.25) is 4.79 Å². The Morgan fingerprint density at radius 3 is 2.42 bits per heavy atom. The lowest BCUT2D eigenvalue weighted by molar-refractivity contribution is 0.0990. The molecule has 2 aromatic rings. The van der Waals surface area contributed by atoms with E-state index in [1.54, 1.807) is 30.1 Å². The first-order valence-corrected chi connectivity index (χ1v) is 6.13. The fraction of sp³-hybridized carbons (Fsp3) is 0.188. The Morgan fingerprint density at radius 1 is 1.05 bits per heavy atom. The third-order valence-corrected chi connectivity index (χ3v) is 3.08. The molecule has 3 heteroatoms. The number of nitrogens with zero attached hydrogens (tertiary/aromatic N) is 1. The molecule has 0 spiro atoms. The average molecular weight is 255 g/mol. The Hall–Kier alpha value is -2.29. The lowest BCUT2D eigenvalue weighted by Gasteiger charge is -2.18. The second-order valence-corrected chi connectivity index (χ2v) is 4.72. The minimum atomic E-state index is -0.216. The van der Waals surface area contributed by atoms with Crippen molar-refractivity contribution in [3.63, 3.8) is 0 Å². The van der Waals surface area contributed by atoms with Crippen molar-refractivity contribution in [1.82, 2.24) is 0 Å². The van der Waals surface area contributed by atoms with Crippen molar-refractivity contribution >= 4 is 11.6 Å². The van der Waals surface area contributed by atoms with E-state index in [0.29, 0.717) is 5.56 Å². The molecule has 0 atom stereocenters. The van der Waals surface area contributed by atoms with Crippen LogP contribution in [0.4, 0.5) is 5.69 Å². The fourth-order valence-electron chi connectivity index (χ4n) is 1.96. The topological polar surface area (TPSA) is 40.5 Å². The van der Waals surface area contributed by atoms with Gasteiger partial charge in [0.05, 0.1) is 5.56 Å². The second-order valence-electron chi connectivity index (χ2n) is 4.72. The smallest absolute Gasteiger partial charge is 0.261 e. The molecular weight excluding hydrogens is 238 g/mol. The van der Waals surface area contributed by atoms with Gasteiger partial charge in [0.25, 0.3) is 5.91 Å². The summed E-state index contributed by atoms with van der Waals surface area (Å²) >= 11 is 0. The molecule has 0 aliphatic heterocycles. The van der Waals surface area contributed by atoms with Crippen molar-refractivity contribution in [2.45, 2.75) is 13.8 Å². The summed E-state index contributed by atoms with van der Waals surface area (Å²) in [6.45, 7) is 3.87. The van der Waals surface area contributed by atoms with Crippen LogP contribution in [-0.2, 0) is 0 Å². The van der Waals surface area contributed by atoms with E-state index in [9.17, 15) is 9.90 Å². The maximum absolute atomic E-state index is 12.4. The molecule has 1 amide bonds. The molecule has 2 aromatic carbocycles. The van der Waals surface area contributed by atoms with E-state index in [-0.39, 0.29) is 11.7 Å². The average Bonchev–Trinajstić information content (AvgIpc) is 2.40. The van der Waals surface area contributed by atoms with Crippen LogP contribution in [0.2, 0.25) is 0 Å². The highest BCUT2D eigenvalue weighted by molar-refractivity contribution is 6.07. The molecule has 3 nitrogen and oxygen atoms in total. The van der Waals surface area contributed by atoms with E-state index in [4.69, 9.17) is 0 Å². The molecule has 0 fully saturated rings. The van der Waals surface area contributed by atoms with Crippen molar-refractivity contribution < 1.29 is 9.90 Å². The van der Waals surface area contributed by atoms with Gasteiger partial charge < -0.3 is 10.0 Å². The quantitative estimate of drug-likeness (QED) is 0.894. The van der Waals surface area contributed by atoms with Crippen LogP contribution in [0, 0.1) is 13.8 Å². The van der Waals surface area contributed by atoms with Gasteiger partial charge in [0, 0.05) is 12.7 Å². The predicted molar refractivity (Wildman–Crippen MR) is 76.8 cm³/mol. The van der Waals surface area contributed by atoms with Crippen LogP contribution in [0.5, 0.6) is 5.75 Å². The highest BCUT2D eigenvalue weighted by Crippen LogP contribution is 2.23. The van der Waals surface area contributed by atoms with Crippen LogP contribution in [0.1, 0.15) is 21.5 Å². The first-order chi connectivity index (χ1) is 8.99. The number of rotatable bonds is 2. The molecule has 0 bridgehead atoms. The van der Waals surface area contributed by atoms with Gasteiger partial charge in [-0.05, 0) is 43.7 Å². The molecule has 0 aliphatic rings. The molecule has 0 saturated carbocycles. The maximum Gasteiger partial charge on any atom is 0.261 e. The molecule has 0 aliphatic carbocycles. The summed E-state index contributed by atoms with van der Waals surface area (Å²) in [7, 11) is 1.71. The van der Waals surface area contributed by atoms with E-state index < -0.39 is 0 Å². The number of carbonyl (C=O) groups excluding carboxylic acids is 1. The van der Waals surface area contributed by atoms with Gasteiger partial charge in [-0.1, -0.05) is 23.8 Å². The molecule has 0 radical (unpaired) electrons. The van der Waals surface area contributed by atoms with Crippen LogP contribution < -0.4 is 4.90 Å². The van der Waals surface area contributed by atoms with Gasteiger partial charge in [-0.15, -0.1) is 0 Å². The van der Waals surface area contributed by atoms with Crippen LogP contribution in [0.15, 0.2) is 42.5 Å². The lowest BCUT2D eigenvalue weighted by atomic mass is 10.1. The summed E-state index contributed by atoms with van der Waals surface area (Å²) in [6, 6.07) is 12.7. The van der Waals surface area contributed by atoms with Crippen LogP contribution >= 0.6 is 0 Å². The zero-order chi connectivity index (χ0) is 14.0. The van der Waals surface area contributed by atoms with Crippen LogP contribution in [0.25, 0.3) is 0 Å². The van der Waals surface area contributed by atoms with Gasteiger partial charge in [0.1, 0.15) is 5.75 Å². The molecular formula is C16H17NO2. The van der Waals surface area contributed by atoms with Crippen molar-refractivity contribution in [2.75, 3.05) is 11.9 Å². The first kappa shape index (κ1) is 13.1. The SMILES string of the molecule is Cc1cccc(N(C)C(=O)c2cc(C)ccc2O)c1. The van der Waals surface area contributed by atoms with Crippen molar-refractivity contribution in [2.24, 2.45) is 0 Å². The van der Waals surface area contributed by atoms with Crippen molar-refractivity contribution in [3.8, 4) is 5.75 Å². The summed E-state index contributed by atoms with van der Waals surface area (Å²) in [5, 5.41) is 9.81. The van der Waals surface area contributed by atoms with Gasteiger partial charge in [-0.25, -0.2) is 0 Å².